The number of benzene rings is 2. The Bertz CT molecular complexity index is 1130. The summed E-state index contributed by atoms with van der Waals surface area (Å²) in [5, 5.41) is 26.7. The van der Waals surface area contributed by atoms with Crippen molar-refractivity contribution in [2.45, 2.75) is 0 Å². The van der Waals surface area contributed by atoms with E-state index in [4.69, 9.17) is 4.74 Å². The summed E-state index contributed by atoms with van der Waals surface area (Å²) in [6, 6.07) is 15.1. The molecule has 0 radical (unpaired) electrons. The van der Waals surface area contributed by atoms with Gasteiger partial charge in [-0.15, -0.1) is 0 Å². The fourth-order valence-corrected chi connectivity index (χ4v) is 2.94. The molecule has 4 rings (SSSR count). The van der Waals surface area contributed by atoms with Crippen molar-refractivity contribution >= 4 is 17.0 Å². The number of carboxylic acid groups (broad SMARTS) is 1. The number of pyridine rings is 1. The van der Waals surface area contributed by atoms with Crippen LogP contribution in [-0.2, 0) is 0 Å². The maximum atomic E-state index is 11.9. The molecule has 2 aromatic heterocycles. The van der Waals surface area contributed by atoms with Crippen LogP contribution in [-0.4, -0.2) is 38.5 Å². The van der Waals surface area contributed by atoms with E-state index >= 15 is 0 Å². The first-order valence-electron chi connectivity index (χ1n) is 8.13. The number of carboxylic acids is 1. The number of aromatic hydroxyl groups is 1. The molecule has 0 fully saturated rings. The molecule has 0 bridgehead atoms. The van der Waals surface area contributed by atoms with Crippen molar-refractivity contribution in [1.82, 2.24) is 15.2 Å². The number of ether oxygens (including phenoxy) is 1. The molecule has 7 heteroatoms. The van der Waals surface area contributed by atoms with Crippen molar-refractivity contribution in [2.75, 3.05) is 7.11 Å². The molecule has 2 aromatic carbocycles. The van der Waals surface area contributed by atoms with Crippen LogP contribution in [0.15, 0.2) is 54.6 Å². The minimum atomic E-state index is -1.07. The first-order valence-corrected chi connectivity index (χ1v) is 8.13. The highest BCUT2D eigenvalue weighted by molar-refractivity contribution is 6.08. The molecular weight excluding hydrogens is 346 g/mol. The second-order valence-electron chi connectivity index (χ2n) is 5.93. The van der Waals surface area contributed by atoms with Gasteiger partial charge in [0.2, 0.25) is 0 Å². The summed E-state index contributed by atoms with van der Waals surface area (Å²) in [6.45, 7) is 0. The maximum absolute atomic E-state index is 11.9. The summed E-state index contributed by atoms with van der Waals surface area (Å²) in [7, 11) is 1.58. The highest BCUT2D eigenvalue weighted by Gasteiger charge is 2.19. The lowest BCUT2D eigenvalue weighted by Gasteiger charge is -2.06. The summed E-state index contributed by atoms with van der Waals surface area (Å²) in [6.07, 6.45) is 0. The van der Waals surface area contributed by atoms with Gasteiger partial charge in [-0.3, -0.25) is 5.10 Å². The van der Waals surface area contributed by atoms with Crippen LogP contribution in [0.25, 0.3) is 33.5 Å². The number of fused-ring (bicyclic) bond motifs is 1. The van der Waals surface area contributed by atoms with Gasteiger partial charge >= 0.3 is 5.97 Å². The van der Waals surface area contributed by atoms with Gasteiger partial charge in [0, 0.05) is 11.1 Å². The van der Waals surface area contributed by atoms with Crippen LogP contribution in [0.5, 0.6) is 11.5 Å². The van der Waals surface area contributed by atoms with Gasteiger partial charge in [0.25, 0.3) is 0 Å². The molecule has 0 saturated carbocycles. The summed E-state index contributed by atoms with van der Waals surface area (Å²) in [5.41, 5.74) is 2.92. The molecule has 0 aliphatic carbocycles. The molecular formula is C20H15N3O4. The molecule has 0 aliphatic rings. The molecule has 2 heterocycles. The molecule has 0 saturated heterocycles. The quantitative estimate of drug-likeness (QED) is 0.511. The predicted molar refractivity (Wildman–Crippen MR) is 99.9 cm³/mol. The molecule has 3 N–H and O–H groups in total. The molecule has 0 atom stereocenters. The molecule has 7 nitrogen and oxygen atoms in total. The number of aromatic nitrogens is 3. The van der Waals surface area contributed by atoms with Crippen molar-refractivity contribution in [3.63, 3.8) is 0 Å². The summed E-state index contributed by atoms with van der Waals surface area (Å²) < 4.78 is 5.16. The predicted octanol–water partition coefficient (Wildman–Crippen LogP) is 3.70. The number of nitrogens with zero attached hydrogens (tertiary/aromatic N) is 2. The van der Waals surface area contributed by atoms with Crippen LogP contribution >= 0.6 is 0 Å². The number of rotatable bonds is 4. The van der Waals surface area contributed by atoms with E-state index in [1.54, 1.807) is 31.4 Å². The van der Waals surface area contributed by atoms with Crippen LogP contribution in [0.4, 0.5) is 0 Å². The Morgan fingerprint density at radius 2 is 1.70 bits per heavy atom. The van der Waals surface area contributed by atoms with Gasteiger partial charge in [0.15, 0.2) is 5.65 Å². The lowest BCUT2D eigenvalue weighted by molar-refractivity contribution is 0.0699. The van der Waals surface area contributed by atoms with Crippen molar-refractivity contribution in [3.05, 3.63) is 60.2 Å². The number of aromatic amines is 1. The number of hydrogen-bond acceptors (Lipinski definition) is 5. The Balaban J connectivity index is 1.91. The number of H-pyrrole nitrogens is 1. The van der Waals surface area contributed by atoms with Crippen molar-refractivity contribution in [3.8, 4) is 34.0 Å². The summed E-state index contributed by atoms with van der Waals surface area (Å²) >= 11 is 0. The van der Waals surface area contributed by atoms with Gasteiger partial charge in [0.1, 0.15) is 11.5 Å². The molecule has 0 spiro atoms. The van der Waals surface area contributed by atoms with E-state index in [1.165, 1.54) is 18.2 Å². The zero-order valence-corrected chi connectivity index (χ0v) is 14.3. The van der Waals surface area contributed by atoms with Crippen LogP contribution in [0.1, 0.15) is 10.4 Å². The van der Waals surface area contributed by atoms with E-state index in [0.717, 1.165) is 5.56 Å². The molecule has 4 aromatic rings. The van der Waals surface area contributed by atoms with Gasteiger partial charge in [-0.25, -0.2) is 9.78 Å². The van der Waals surface area contributed by atoms with Gasteiger partial charge in [-0.05, 0) is 54.6 Å². The van der Waals surface area contributed by atoms with Gasteiger partial charge in [-0.1, -0.05) is 0 Å². The monoisotopic (exact) mass is 361 g/mol. The van der Waals surface area contributed by atoms with E-state index in [-0.39, 0.29) is 11.3 Å². The Kier molecular flexibility index (Phi) is 3.97. The first kappa shape index (κ1) is 16.6. The third-order valence-corrected chi connectivity index (χ3v) is 4.30. The Labute approximate surface area is 153 Å². The number of hydrogen-bond donors (Lipinski definition) is 3. The van der Waals surface area contributed by atoms with Crippen molar-refractivity contribution in [2.24, 2.45) is 0 Å². The average Bonchev–Trinajstić information content (AvgIpc) is 3.11. The second kappa shape index (κ2) is 6.45. The molecule has 27 heavy (non-hydrogen) atoms. The zero-order valence-electron chi connectivity index (χ0n) is 14.3. The van der Waals surface area contributed by atoms with Crippen molar-refractivity contribution in [1.29, 1.82) is 0 Å². The van der Waals surface area contributed by atoms with E-state index in [2.05, 4.69) is 15.2 Å². The van der Waals surface area contributed by atoms with E-state index in [1.807, 2.05) is 12.1 Å². The fourth-order valence-electron chi connectivity index (χ4n) is 2.94. The summed E-state index contributed by atoms with van der Waals surface area (Å²) in [4.78, 5) is 16.4. The van der Waals surface area contributed by atoms with Crippen LogP contribution in [0, 0.1) is 0 Å². The number of phenols is 1. The molecule has 134 valence electrons. The van der Waals surface area contributed by atoms with E-state index in [9.17, 15) is 15.0 Å². The highest BCUT2D eigenvalue weighted by Crippen LogP contribution is 2.32. The Morgan fingerprint density at radius 3 is 2.33 bits per heavy atom. The minimum Gasteiger partial charge on any atom is -0.508 e. The topological polar surface area (TPSA) is 108 Å². The van der Waals surface area contributed by atoms with Crippen molar-refractivity contribution < 1.29 is 19.7 Å². The molecule has 0 aliphatic heterocycles. The fraction of sp³-hybridized carbons (Fsp3) is 0.0500. The lowest BCUT2D eigenvalue weighted by Crippen LogP contribution is -2.00. The van der Waals surface area contributed by atoms with Gasteiger partial charge < -0.3 is 14.9 Å². The highest BCUT2D eigenvalue weighted by atomic mass is 16.5. The van der Waals surface area contributed by atoms with Crippen LogP contribution in [0.2, 0.25) is 0 Å². The number of methoxy groups -OCH3 is 1. The Morgan fingerprint density at radius 1 is 1.04 bits per heavy atom. The number of aromatic carboxylic acids is 1. The SMILES string of the molecule is COc1ccc(-c2[nH]nc3nc(-c4ccc(O)cc4)cc(C(=O)O)c23)cc1. The third-order valence-electron chi connectivity index (χ3n) is 4.30. The van der Waals surface area contributed by atoms with E-state index < -0.39 is 5.97 Å². The van der Waals surface area contributed by atoms with Crippen LogP contribution in [0.3, 0.4) is 0 Å². The first-order chi connectivity index (χ1) is 13.1. The molecule has 0 unspecified atom stereocenters. The Hall–Kier alpha value is -3.87. The van der Waals surface area contributed by atoms with E-state index in [0.29, 0.717) is 33.7 Å². The average molecular weight is 361 g/mol. The standard InChI is InChI=1S/C20H15N3O4/c1-27-14-8-4-12(5-9-14)18-17-15(20(25)26)10-16(21-19(17)23-22-18)11-2-6-13(24)7-3-11/h2-10,24H,1H3,(H,25,26)(H,21,22,23). The van der Waals surface area contributed by atoms with Crippen LogP contribution < -0.4 is 4.74 Å². The van der Waals surface area contributed by atoms with Gasteiger partial charge in [0.05, 0.1) is 29.4 Å². The minimum absolute atomic E-state index is 0.0997. The van der Waals surface area contributed by atoms with Gasteiger partial charge in [-0.2, -0.15) is 5.10 Å². The molecule has 0 amide bonds. The maximum Gasteiger partial charge on any atom is 0.336 e. The summed E-state index contributed by atoms with van der Waals surface area (Å²) in [5.74, 6) is -0.243. The second-order valence-corrected chi connectivity index (χ2v) is 5.93. The number of phenolic OH excluding ortho intramolecular Hbond substituents is 1. The lowest BCUT2D eigenvalue weighted by atomic mass is 10.0. The normalized spacial score (nSPS) is 10.9. The smallest absolute Gasteiger partial charge is 0.336 e. The third kappa shape index (κ3) is 2.95. The number of carbonyl (C=O) groups is 1. The zero-order chi connectivity index (χ0) is 19.0. The largest absolute Gasteiger partial charge is 0.508 e. The number of nitrogens with one attached hydrogen (secondary N) is 1.